The summed E-state index contributed by atoms with van der Waals surface area (Å²) in [6, 6.07) is 7.62. The Morgan fingerprint density at radius 1 is 1.28 bits per heavy atom. The Labute approximate surface area is 105 Å². The van der Waals surface area contributed by atoms with Crippen LogP contribution in [0, 0.1) is 6.92 Å². The van der Waals surface area contributed by atoms with Gasteiger partial charge in [0.05, 0.1) is 0 Å². The number of aromatic nitrogens is 1. The number of carbonyl (C=O) groups is 1. The highest BCUT2D eigenvalue weighted by atomic mass is 16.4. The molecule has 1 heterocycles. The van der Waals surface area contributed by atoms with Crippen molar-refractivity contribution in [2.24, 2.45) is 0 Å². The molecule has 0 unspecified atom stereocenters. The van der Waals surface area contributed by atoms with E-state index in [0.717, 1.165) is 11.1 Å². The van der Waals surface area contributed by atoms with Gasteiger partial charge in [-0.3, -0.25) is 0 Å². The van der Waals surface area contributed by atoms with Crippen molar-refractivity contribution in [3.63, 3.8) is 0 Å². The van der Waals surface area contributed by atoms with Crippen molar-refractivity contribution >= 4 is 5.97 Å². The molecule has 0 fully saturated rings. The number of hydrogen-bond donors (Lipinski definition) is 1. The van der Waals surface area contributed by atoms with Crippen molar-refractivity contribution in [1.82, 2.24) is 4.98 Å². The molecule has 0 aliphatic carbocycles. The monoisotopic (exact) mass is 245 g/mol. The molecule has 0 amide bonds. The number of nitrogens with zero attached hydrogens (tertiary/aromatic N) is 1. The maximum atomic E-state index is 11.1. The van der Waals surface area contributed by atoms with E-state index in [4.69, 9.17) is 9.52 Å². The number of hydrogen-bond acceptors (Lipinski definition) is 3. The first-order valence-electron chi connectivity index (χ1n) is 5.80. The minimum absolute atomic E-state index is 0.000532. The highest BCUT2D eigenvalue weighted by Crippen LogP contribution is 2.27. The summed E-state index contributed by atoms with van der Waals surface area (Å²) in [5, 5.41) is 9.10. The van der Waals surface area contributed by atoms with Gasteiger partial charge in [-0.1, -0.05) is 31.5 Å². The lowest BCUT2D eigenvalue weighted by atomic mass is 10.1. The largest absolute Gasteiger partial charge is 0.476 e. The summed E-state index contributed by atoms with van der Waals surface area (Å²) in [5.41, 5.74) is 1.92. The lowest BCUT2D eigenvalue weighted by Crippen LogP contribution is -2.02. The number of aryl methyl sites for hydroxylation is 1. The molecule has 1 aromatic heterocycles. The Hall–Kier alpha value is -2.10. The van der Waals surface area contributed by atoms with Crippen LogP contribution in [0.15, 0.2) is 28.7 Å². The van der Waals surface area contributed by atoms with Crippen LogP contribution in [0.5, 0.6) is 0 Å². The first-order valence-corrected chi connectivity index (χ1v) is 5.80. The van der Waals surface area contributed by atoms with Gasteiger partial charge >= 0.3 is 5.97 Å². The lowest BCUT2D eigenvalue weighted by molar-refractivity contribution is 0.0688. The second-order valence-electron chi connectivity index (χ2n) is 4.56. The van der Waals surface area contributed by atoms with E-state index >= 15 is 0 Å². The van der Waals surface area contributed by atoms with Crippen LogP contribution in [0.2, 0.25) is 0 Å². The van der Waals surface area contributed by atoms with Crippen molar-refractivity contribution in [2.75, 3.05) is 0 Å². The average molecular weight is 245 g/mol. The molecule has 0 aliphatic rings. The zero-order chi connectivity index (χ0) is 13.3. The minimum atomic E-state index is -1.05. The molecule has 0 saturated heterocycles. The van der Waals surface area contributed by atoms with Gasteiger partial charge in [-0.25, -0.2) is 9.78 Å². The van der Waals surface area contributed by atoms with Crippen LogP contribution in [0.4, 0.5) is 0 Å². The number of carboxylic acid groups (broad SMARTS) is 1. The fourth-order valence-electron chi connectivity index (χ4n) is 1.70. The Morgan fingerprint density at radius 3 is 2.33 bits per heavy atom. The number of aromatic carboxylic acids is 1. The summed E-state index contributed by atoms with van der Waals surface area (Å²) in [6.07, 6.45) is 0. The third-order valence-electron chi connectivity index (χ3n) is 2.68. The molecular weight excluding hydrogens is 230 g/mol. The van der Waals surface area contributed by atoms with Gasteiger partial charge in [0.25, 0.3) is 0 Å². The van der Waals surface area contributed by atoms with E-state index < -0.39 is 5.97 Å². The van der Waals surface area contributed by atoms with Crippen LogP contribution in [-0.4, -0.2) is 16.1 Å². The maximum Gasteiger partial charge on any atom is 0.358 e. The Morgan fingerprint density at radius 2 is 1.89 bits per heavy atom. The molecule has 0 saturated carbocycles. The average Bonchev–Trinajstić information content (AvgIpc) is 2.75. The summed E-state index contributed by atoms with van der Waals surface area (Å²) in [6.45, 7) is 5.75. The molecule has 1 N–H and O–H groups in total. The van der Waals surface area contributed by atoms with E-state index in [9.17, 15) is 4.79 Å². The molecule has 2 aromatic rings. The van der Waals surface area contributed by atoms with Gasteiger partial charge in [0.1, 0.15) is 5.76 Å². The number of oxazole rings is 1. The third kappa shape index (κ3) is 2.27. The van der Waals surface area contributed by atoms with Gasteiger partial charge in [0.15, 0.2) is 5.69 Å². The van der Waals surface area contributed by atoms with Crippen molar-refractivity contribution in [1.29, 1.82) is 0 Å². The van der Waals surface area contributed by atoms with Gasteiger partial charge in [0, 0.05) is 11.5 Å². The number of benzene rings is 1. The van der Waals surface area contributed by atoms with Crippen LogP contribution in [0.1, 0.15) is 41.6 Å². The zero-order valence-electron chi connectivity index (χ0n) is 10.6. The van der Waals surface area contributed by atoms with Crippen LogP contribution in [0.25, 0.3) is 11.5 Å². The number of carboxylic acids is 1. The summed E-state index contributed by atoms with van der Waals surface area (Å²) in [7, 11) is 0. The van der Waals surface area contributed by atoms with Crippen LogP contribution < -0.4 is 0 Å². The quantitative estimate of drug-likeness (QED) is 0.899. The van der Waals surface area contributed by atoms with Gasteiger partial charge in [-0.2, -0.15) is 0 Å². The second-order valence-corrected chi connectivity index (χ2v) is 4.56. The first-order chi connectivity index (χ1) is 8.49. The minimum Gasteiger partial charge on any atom is -0.476 e. The van der Waals surface area contributed by atoms with E-state index in [1.165, 1.54) is 0 Å². The van der Waals surface area contributed by atoms with Gasteiger partial charge < -0.3 is 9.52 Å². The van der Waals surface area contributed by atoms with Crippen molar-refractivity contribution in [3.05, 3.63) is 41.3 Å². The SMILES string of the molecule is Cc1ccc(-c2nc(C(=O)O)c(C(C)C)o2)cc1. The first kappa shape index (κ1) is 12.4. The van der Waals surface area contributed by atoms with E-state index in [-0.39, 0.29) is 11.6 Å². The standard InChI is InChI=1S/C14H15NO3/c1-8(2)12-11(14(16)17)15-13(18-12)10-6-4-9(3)5-7-10/h4-8H,1-3H3,(H,16,17). The molecule has 0 atom stereocenters. The Bertz CT molecular complexity index is 567. The molecule has 1 aromatic carbocycles. The molecule has 0 bridgehead atoms. The molecule has 94 valence electrons. The zero-order valence-corrected chi connectivity index (χ0v) is 10.6. The summed E-state index contributed by atoms with van der Waals surface area (Å²) in [5.74, 6) is -0.294. The second kappa shape index (κ2) is 4.64. The van der Waals surface area contributed by atoms with E-state index in [2.05, 4.69) is 4.98 Å². The Kier molecular flexibility index (Phi) is 3.19. The topological polar surface area (TPSA) is 63.3 Å². The molecule has 18 heavy (non-hydrogen) atoms. The molecule has 0 spiro atoms. The highest BCUT2D eigenvalue weighted by Gasteiger charge is 2.22. The van der Waals surface area contributed by atoms with Gasteiger partial charge in [-0.15, -0.1) is 0 Å². The number of rotatable bonds is 3. The maximum absolute atomic E-state index is 11.1. The fourth-order valence-corrected chi connectivity index (χ4v) is 1.70. The molecular formula is C14H15NO3. The fraction of sp³-hybridized carbons (Fsp3) is 0.286. The smallest absolute Gasteiger partial charge is 0.358 e. The van der Waals surface area contributed by atoms with E-state index in [0.29, 0.717) is 11.7 Å². The lowest BCUT2D eigenvalue weighted by Gasteiger charge is -1.99. The normalized spacial score (nSPS) is 10.9. The van der Waals surface area contributed by atoms with Crippen molar-refractivity contribution < 1.29 is 14.3 Å². The summed E-state index contributed by atoms with van der Waals surface area (Å²) < 4.78 is 5.57. The Balaban J connectivity index is 2.49. The van der Waals surface area contributed by atoms with Crippen LogP contribution in [0.3, 0.4) is 0 Å². The molecule has 2 rings (SSSR count). The highest BCUT2D eigenvalue weighted by molar-refractivity contribution is 5.87. The third-order valence-corrected chi connectivity index (χ3v) is 2.68. The van der Waals surface area contributed by atoms with Crippen molar-refractivity contribution in [2.45, 2.75) is 26.7 Å². The summed E-state index contributed by atoms with van der Waals surface area (Å²) in [4.78, 5) is 15.2. The predicted octanol–water partition coefficient (Wildman–Crippen LogP) is 3.47. The van der Waals surface area contributed by atoms with Gasteiger partial charge in [0.2, 0.25) is 5.89 Å². The van der Waals surface area contributed by atoms with Crippen molar-refractivity contribution in [3.8, 4) is 11.5 Å². The summed E-state index contributed by atoms with van der Waals surface area (Å²) >= 11 is 0. The van der Waals surface area contributed by atoms with E-state index in [1.54, 1.807) is 0 Å². The van der Waals surface area contributed by atoms with Gasteiger partial charge in [-0.05, 0) is 19.1 Å². The van der Waals surface area contributed by atoms with E-state index in [1.807, 2.05) is 45.0 Å². The molecule has 4 nitrogen and oxygen atoms in total. The van der Waals surface area contributed by atoms with Crippen LogP contribution >= 0.6 is 0 Å². The predicted molar refractivity (Wildman–Crippen MR) is 67.7 cm³/mol. The molecule has 0 aliphatic heterocycles. The molecule has 4 heteroatoms. The molecule has 0 radical (unpaired) electrons. The van der Waals surface area contributed by atoms with Crippen LogP contribution in [-0.2, 0) is 0 Å².